The number of morpholine rings is 1. The van der Waals surface area contributed by atoms with Crippen molar-refractivity contribution in [3.63, 3.8) is 0 Å². The van der Waals surface area contributed by atoms with Gasteiger partial charge in [-0.25, -0.2) is 9.97 Å². The molecule has 0 saturated carbocycles. The summed E-state index contributed by atoms with van der Waals surface area (Å²) in [5, 5.41) is 10.5. The molecule has 0 atom stereocenters. The van der Waals surface area contributed by atoms with E-state index >= 15 is 0 Å². The Morgan fingerprint density at radius 2 is 1.75 bits per heavy atom. The number of aliphatic hydroxyl groups is 1. The lowest BCUT2D eigenvalue weighted by Crippen LogP contribution is -2.41. The molecule has 2 fully saturated rings. The minimum Gasteiger partial charge on any atom is -0.390 e. The fourth-order valence-electron chi connectivity index (χ4n) is 6.08. The van der Waals surface area contributed by atoms with Crippen LogP contribution >= 0.6 is 0 Å². The number of anilines is 1. The van der Waals surface area contributed by atoms with Gasteiger partial charge in [0.2, 0.25) is 5.95 Å². The van der Waals surface area contributed by atoms with Gasteiger partial charge in [0.25, 0.3) is 0 Å². The van der Waals surface area contributed by atoms with Gasteiger partial charge < -0.3 is 19.3 Å². The lowest BCUT2D eigenvalue weighted by atomic mass is 9.83. The van der Waals surface area contributed by atoms with E-state index in [-0.39, 0.29) is 0 Å². The molecule has 4 aromatic rings. The molecule has 0 unspecified atom stereocenters. The summed E-state index contributed by atoms with van der Waals surface area (Å²) in [6.07, 6.45) is 8.14. The molecule has 10 nitrogen and oxygen atoms in total. The molecule has 208 valence electrons. The Morgan fingerprint density at radius 1 is 1.00 bits per heavy atom. The van der Waals surface area contributed by atoms with Crippen LogP contribution in [0.3, 0.4) is 0 Å². The molecule has 3 aliphatic rings. The number of hydrogen-bond acceptors (Lipinski definition) is 8. The summed E-state index contributed by atoms with van der Waals surface area (Å²) in [7, 11) is 2.05. The van der Waals surface area contributed by atoms with Crippen molar-refractivity contribution in [3.05, 3.63) is 54.1 Å². The zero-order chi connectivity index (χ0) is 27.4. The molecule has 0 radical (unpaired) electrons. The first-order valence-electron chi connectivity index (χ1n) is 14.2. The van der Waals surface area contributed by atoms with Gasteiger partial charge in [0.15, 0.2) is 17.0 Å². The van der Waals surface area contributed by atoms with Gasteiger partial charge in [-0.05, 0) is 57.8 Å². The lowest BCUT2D eigenvalue weighted by molar-refractivity contribution is -0.0139. The Kier molecular flexibility index (Phi) is 6.21. The molecule has 0 amide bonds. The van der Waals surface area contributed by atoms with Crippen molar-refractivity contribution in [2.75, 3.05) is 44.3 Å². The highest BCUT2D eigenvalue weighted by Crippen LogP contribution is 2.33. The number of likely N-dealkylation sites (tertiary alicyclic amines) is 1. The number of benzene rings is 1. The molecule has 0 spiro atoms. The number of allylic oxidation sites excluding steroid dienone is 4. The molecule has 0 bridgehead atoms. The molecule has 7 rings (SSSR count). The zero-order valence-corrected chi connectivity index (χ0v) is 23.4. The average Bonchev–Trinajstić information content (AvgIpc) is 3.45. The van der Waals surface area contributed by atoms with Gasteiger partial charge in [-0.15, -0.1) is 0 Å². The van der Waals surface area contributed by atoms with Crippen molar-refractivity contribution in [2.24, 2.45) is 13.0 Å². The SMILES string of the molecule is Cn1c(CN2CCC(C(C)(C)O)CC2)nc2c(N3CCOCC3)nc(-n3c(C4=CC=C4)nc4ccccc43)nc21. The number of ether oxygens (including phenoxy) is 1. The molecule has 1 N–H and O–H groups in total. The van der Waals surface area contributed by atoms with Gasteiger partial charge in [0.1, 0.15) is 11.6 Å². The number of aromatic nitrogens is 6. The predicted octanol–water partition coefficient (Wildman–Crippen LogP) is 3.47. The Labute approximate surface area is 233 Å². The van der Waals surface area contributed by atoms with E-state index < -0.39 is 5.60 Å². The summed E-state index contributed by atoms with van der Waals surface area (Å²) in [6, 6.07) is 8.14. The number of nitrogens with zero attached hydrogens (tertiary/aromatic N) is 8. The quantitative estimate of drug-likeness (QED) is 0.397. The number of hydrogen-bond donors (Lipinski definition) is 1. The van der Waals surface area contributed by atoms with Crippen LogP contribution < -0.4 is 4.90 Å². The third-order valence-corrected chi connectivity index (χ3v) is 8.61. The van der Waals surface area contributed by atoms with E-state index in [9.17, 15) is 5.11 Å². The van der Waals surface area contributed by atoms with Gasteiger partial charge in [-0.2, -0.15) is 9.97 Å². The van der Waals surface area contributed by atoms with Crippen LogP contribution in [0.25, 0.3) is 33.7 Å². The lowest BCUT2D eigenvalue weighted by Gasteiger charge is -2.37. The molecule has 1 aliphatic carbocycles. The van der Waals surface area contributed by atoms with E-state index in [0.717, 1.165) is 90.8 Å². The smallest absolute Gasteiger partial charge is 0.240 e. The Morgan fingerprint density at radius 3 is 2.45 bits per heavy atom. The highest BCUT2D eigenvalue weighted by Gasteiger charge is 2.31. The minimum absolute atomic E-state index is 0.324. The van der Waals surface area contributed by atoms with Crippen LogP contribution in [-0.4, -0.2) is 84.1 Å². The van der Waals surface area contributed by atoms with Crippen LogP contribution in [0.1, 0.15) is 38.3 Å². The zero-order valence-electron chi connectivity index (χ0n) is 23.4. The van der Waals surface area contributed by atoms with Crippen LogP contribution in [0, 0.1) is 5.92 Å². The van der Waals surface area contributed by atoms with Crippen molar-refractivity contribution in [1.29, 1.82) is 0 Å². The summed E-state index contributed by atoms with van der Waals surface area (Å²) in [5.74, 6) is 3.57. The third-order valence-electron chi connectivity index (χ3n) is 8.61. The topological polar surface area (TPSA) is 97.4 Å². The molecular weight excluding hydrogens is 504 g/mol. The van der Waals surface area contributed by atoms with E-state index in [1.54, 1.807) is 0 Å². The van der Waals surface area contributed by atoms with Crippen molar-refractivity contribution < 1.29 is 9.84 Å². The third kappa shape index (κ3) is 4.40. The first kappa shape index (κ1) is 25.4. The molecule has 40 heavy (non-hydrogen) atoms. The second kappa shape index (κ2) is 9.79. The van der Waals surface area contributed by atoms with Crippen molar-refractivity contribution in [2.45, 2.75) is 38.8 Å². The molecule has 3 aromatic heterocycles. The average molecular weight is 541 g/mol. The summed E-state index contributed by atoms with van der Waals surface area (Å²) < 4.78 is 9.85. The van der Waals surface area contributed by atoms with E-state index in [1.165, 1.54) is 0 Å². The summed E-state index contributed by atoms with van der Waals surface area (Å²) in [5.41, 5.74) is 3.95. The van der Waals surface area contributed by atoms with Gasteiger partial charge in [-0.3, -0.25) is 9.47 Å². The summed E-state index contributed by atoms with van der Waals surface area (Å²) in [4.78, 5) is 25.1. The van der Waals surface area contributed by atoms with E-state index in [2.05, 4.69) is 44.2 Å². The van der Waals surface area contributed by atoms with Crippen molar-refractivity contribution in [3.8, 4) is 5.95 Å². The predicted molar refractivity (Wildman–Crippen MR) is 155 cm³/mol. The maximum absolute atomic E-state index is 10.5. The first-order valence-corrected chi connectivity index (χ1v) is 14.2. The molecule has 10 heteroatoms. The van der Waals surface area contributed by atoms with Crippen molar-refractivity contribution >= 4 is 33.6 Å². The number of aryl methyl sites for hydroxylation is 1. The number of para-hydroxylation sites is 2. The van der Waals surface area contributed by atoms with Crippen molar-refractivity contribution in [1.82, 2.24) is 34.0 Å². The van der Waals surface area contributed by atoms with Gasteiger partial charge in [-0.1, -0.05) is 30.4 Å². The monoisotopic (exact) mass is 540 g/mol. The maximum Gasteiger partial charge on any atom is 0.240 e. The largest absolute Gasteiger partial charge is 0.390 e. The number of imidazole rings is 2. The molecular formula is C30H36N8O2. The van der Waals surface area contributed by atoms with Crippen LogP contribution in [0.4, 0.5) is 5.82 Å². The second-order valence-corrected chi connectivity index (χ2v) is 11.7. The molecule has 5 heterocycles. The highest BCUT2D eigenvalue weighted by molar-refractivity contribution is 5.88. The number of rotatable bonds is 6. The normalized spacial score (nSPS) is 19.0. The maximum atomic E-state index is 10.5. The Bertz CT molecular complexity index is 1630. The molecule has 2 saturated heterocycles. The van der Waals surface area contributed by atoms with Gasteiger partial charge >= 0.3 is 0 Å². The molecule has 1 aromatic carbocycles. The Hall–Kier alpha value is -3.60. The standard InChI is InChI=1S/C30H36N8O2/c1-30(2,39)21-11-13-36(14-12-21)19-24-32-25-27(35(24)3)33-29(34-28(25)37-15-17-40-18-16-37)38-23-10-5-4-9-22(23)31-26(38)20-7-6-8-20/h4-10,21,39H,11-19H2,1-3H3. The van der Waals surface area contributed by atoms with Crippen LogP contribution in [0.15, 0.2) is 42.5 Å². The summed E-state index contributed by atoms with van der Waals surface area (Å²) in [6.45, 7) is 9.31. The fraction of sp³-hybridized carbons (Fsp3) is 0.467. The number of fused-ring (bicyclic) bond motifs is 2. The fourth-order valence-corrected chi connectivity index (χ4v) is 6.08. The van der Waals surface area contributed by atoms with Crippen LogP contribution in [0.5, 0.6) is 0 Å². The van der Waals surface area contributed by atoms with Gasteiger partial charge in [0, 0.05) is 25.7 Å². The first-order chi connectivity index (χ1) is 19.4. The molecule has 2 aliphatic heterocycles. The van der Waals surface area contributed by atoms with Gasteiger partial charge in [0.05, 0.1) is 36.4 Å². The van der Waals surface area contributed by atoms with Crippen LogP contribution in [-0.2, 0) is 18.3 Å². The highest BCUT2D eigenvalue weighted by atomic mass is 16.5. The second-order valence-electron chi connectivity index (χ2n) is 11.7. The van der Waals surface area contributed by atoms with E-state index in [4.69, 9.17) is 24.7 Å². The minimum atomic E-state index is -0.634. The summed E-state index contributed by atoms with van der Waals surface area (Å²) >= 11 is 0. The van der Waals surface area contributed by atoms with E-state index in [0.29, 0.717) is 25.1 Å². The van der Waals surface area contributed by atoms with E-state index in [1.807, 2.05) is 38.1 Å². The van der Waals surface area contributed by atoms with Crippen LogP contribution in [0.2, 0.25) is 0 Å². The Balaban J connectivity index is 1.32. The number of piperidine rings is 1.